The van der Waals surface area contributed by atoms with Gasteiger partial charge >= 0.3 is 0 Å². The van der Waals surface area contributed by atoms with E-state index >= 15 is 0 Å². The van der Waals surface area contributed by atoms with Gasteiger partial charge in [-0.25, -0.2) is 19.9 Å². The Morgan fingerprint density at radius 2 is 1.80 bits per heavy atom. The first-order valence-electron chi connectivity index (χ1n) is 7.52. The molecule has 130 valence electrons. The first-order valence-corrected chi connectivity index (χ1v) is 7.90. The molecule has 0 atom stereocenters. The molecule has 0 fully saturated rings. The molecule has 3 heterocycles. The lowest BCUT2D eigenvalue weighted by molar-refractivity contribution is 0.342. The number of rotatable bonds is 5. The first-order chi connectivity index (χ1) is 12.0. The van der Waals surface area contributed by atoms with Crippen LogP contribution in [-0.2, 0) is 6.42 Å². The molecule has 0 aliphatic carbocycles. The van der Waals surface area contributed by atoms with Crippen molar-refractivity contribution >= 4 is 11.6 Å². The summed E-state index contributed by atoms with van der Waals surface area (Å²) in [4.78, 5) is 17.4. The standard InChI is InChI=1S/C16H17ClN6O2/c1-9-18-13(17)8-15(19-9)23-14(20-10(2)22-23)7-11-5-6-12(24-3)16(21-11)25-4/h5-6,8H,7H2,1-4H3. The van der Waals surface area contributed by atoms with Crippen molar-refractivity contribution in [2.24, 2.45) is 0 Å². The van der Waals surface area contributed by atoms with Gasteiger partial charge in [0.05, 0.1) is 26.3 Å². The Bertz CT molecular complexity index is 891. The van der Waals surface area contributed by atoms with E-state index in [1.165, 1.54) is 0 Å². The molecule has 3 rings (SSSR count). The molecular weight excluding hydrogens is 344 g/mol. The van der Waals surface area contributed by atoms with Gasteiger partial charge in [0.1, 0.15) is 22.6 Å². The maximum Gasteiger partial charge on any atom is 0.256 e. The topological polar surface area (TPSA) is 87.8 Å². The molecule has 0 saturated heterocycles. The van der Waals surface area contributed by atoms with Gasteiger partial charge in [-0.3, -0.25) is 0 Å². The fraction of sp³-hybridized carbons (Fsp3) is 0.312. The van der Waals surface area contributed by atoms with E-state index < -0.39 is 0 Å². The Balaban J connectivity index is 1.99. The average molecular weight is 361 g/mol. The fourth-order valence-electron chi connectivity index (χ4n) is 2.41. The maximum atomic E-state index is 6.04. The van der Waals surface area contributed by atoms with Gasteiger partial charge in [-0.1, -0.05) is 11.6 Å². The van der Waals surface area contributed by atoms with Gasteiger partial charge in [0.15, 0.2) is 11.6 Å². The number of halogens is 1. The fourth-order valence-corrected chi connectivity index (χ4v) is 2.63. The van der Waals surface area contributed by atoms with Crippen molar-refractivity contribution in [3.63, 3.8) is 0 Å². The zero-order chi connectivity index (χ0) is 18.0. The van der Waals surface area contributed by atoms with Crippen LogP contribution >= 0.6 is 11.6 Å². The van der Waals surface area contributed by atoms with Crippen LogP contribution in [-0.4, -0.2) is 43.9 Å². The molecule has 8 nitrogen and oxygen atoms in total. The summed E-state index contributed by atoms with van der Waals surface area (Å²) in [6.45, 7) is 3.59. The van der Waals surface area contributed by atoms with Crippen molar-refractivity contribution in [1.82, 2.24) is 29.7 Å². The molecule has 0 N–H and O–H groups in total. The summed E-state index contributed by atoms with van der Waals surface area (Å²) in [6, 6.07) is 5.31. The van der Waals surface area contributed by atoms with E-state index in [-0.39, 0.29) is 0 Å². The number of aryl methyl sites for hydroxylation is 2. The molecule has 0 aliphatic heterocycles. The normalized spacial score (nSPS) is 10.8. The van der Waals surface area contributed by atoms with Crippen LogP contribution in [0.3, 0.4) is 0 Å². The summed E-state index contributed by atoms with van der Waals surface area (Å²) in [7, 11) is 3.12. The summed E-state index contributed by atoms with van der Waals surface area (Å²) in [5.41, 5.74) is 0.767. The quantitative estimate of drug-likeness (QED) is 0.645. The van der Waals surface area contributed by atoms with Crippen LogP contribution in [0, 0.1) is 13.8 Å². The molecule has 3 aromatic rings. The van der Waals surface area contributed by atoms with Crippen LogP contribution in [0.15, 0.2) is 18.2 Å². The van der Waals surface area contributed by atoms with Gasteiger partial charge in [-0.05, 0) is 26.0 Å². The molecule has 0 amide bonds. The van der Waals surface area contributed by atoms with Gasteiger partial charge in [0.2, 0.25) is 0 Å². The molecule has 0 aliphatic rings. The van der Waals surface area contributed by atoms with E-state index in [0.717, 1.165) is 5.69 Å². The smallest absolute Gasteiger partial charge is 0.256 e. The minimum absolute atomic E-state index is 0.353. The minimum atomic E-state index is 0.353. The number of pyridine rings is 1. The van der Waals surface area contributed by atoms with Crippen LogP contribution in [0.1, 0.15) is 23.2 Å². The third-order valence-corrected chi connectivity index (χ3v) is 3.62. The van der Waals surface area contributed by atoms with E-state index in [4.69, 9.17) is 21.1 Å². The molecule has 0 saturated carbocycles. The zero-order valence-electron chi connectivity index (χ0n) is 14.3. The maximum absolute atomic E-state index is 6.04. The predicted octanol–water partition coefficient (Wildman–Crippen LogP) is 2.33. The second-order valence-corrected chi connectivity index (χ2v) is 5.66. The van der Waals surface area contributed by atoms with Crippen LogP contribution in [0.25, 0.3) is 5.82 Å². The van der Waals surface area contributed by atoms with Gasteiger partial charge in [0.25, 0.3) is 5.88 Å². The predicted molar refractivity (Wildman–Crippen MR) is 91.6 cm³/mol. The lowest BCUT2D eigenvalue weighted by atomic mass is 10.2. The van der Waals surface area contributed by atoms with Crippen LogP contribution in [0.2, 0.25) is 5.15 Å². The largest absolute Gasteiger partial charge is 0.491 e. The number of methoxy groups -OCH3 is 2. The second kappa shape index (κ2) is 7.02. The van der Waals surface area contributed by atoms with E-state index in [1.807, 2.05) is 13.0 Å². The Hall–Kier alpha value is -2.74. The molecular formula is C16H17ClN6O2. The van der Waals surface area contributed by atoms with Crippen molar-refractivity contribution in [1.29, 1.82) is 0 Å². The molecule has 0 unspecified atom stereocenters. The van der Waals surface area contributed by atoms with Gasteiger partial charge < -0.3 is 9.47 Å². The molecule has 3 aromatic heterocycles. The van der Waals surface area contributed by atoms with Gasteiger partial charge in [-0.15, -0.1) is 5.10 Å². The number of ether oxygens (including phenoxy) is 2. The lowest BCUT2D eigenvalue weighted by Crippen LogP contribution is -2.08. The molecule has 0 radical (unpaired) electrons. The molecule has 9 heteroatoms. The van der Waals surface area contributed by atoms with Gasteiger partial charge in [0, 0.05) is 6.07 Å². The van der Waals surface area contributed by atoms with Crippen molar-refractivity contribution < 1.29 is 9.47 Å². The summed E-state index contributed by atoms with van der Waals surface area (Å²) in [6.07, 6.45) is 0.446. The second-order valence-electron chi connectivity index (χ2n) is 5.27. The summed E-state index contributed by atoms with van der Waals surface area (Å²) < 4.78 is 12.1. The lowest BCUT2D eigenvalue weighted by Gasteiger charge is -2.09. The van der Waals surface area contributed by atoms with Crippen molar-refractivity contribution in [3.8, 4) is 17.4 Å². The average Bonchev–Trinajstić information content (AvgIpc) is 2.94. The third-order valence-electron chi connectivity index (χ3n) is 3.43. The highest BCUT2D eigenvalue weighted by atomic mass is 35.5. The van der Waals surface area contributed by atoms with Crippen LogP contribution in [0.4, 0.5) is 0 Å². The Labute approximate surface area is 149 Å². The SMILES string of the molecule is COc1ccc(Cc2nc(C)nn2-c2cc(Cl)nc(C)n2)nc1OC. The van der Waals surface area contributed by atoms with Crippen molar-refractivity contribution in [2.45, 2.75) is 20.3 Å². The number of hydrogen-bond acceptors (Lipinski definition) is 7. The zero-order valence-corrected chi connectivity index (χ0v) is 15.1. The summed E-state index contributed by atoms with van der Waals surface area (Å²) in [5.74, 6) is 3.43. The number of aromatic nitrogens is 6. The third kappa shape index (κ3) is 3.69. The van der Waals surface area contributed by atoms with Crippen molar-refractivity contribution in [3.05, 3.63) is 46.5 Å². The molecule has 0 aromatic carbocycles. The number of hydrogen-bond donors (Lipinski definition) is 0. The molecule has 0 spiro atoms. The first kappa shape index (κ1) is 17.1. The van der Waals surface area contributed by atoms with Crippen molar-refractivity contribution in [2.75, 3.05) is 14.2 Å². The van der Waals surface area contributed by atoms with E-state index in [9.17, 15) is 0 Å². The van der Waals surface area contributed by atoms with Crippen LogP contribution in [0.5, 0.6) is 11.6 Å². The monoisotopic (exact) mass is 360 g/mol. The highest BCUT2D eigenvalue weighted by Crippen LogP contribution is 2.25. The summed E-state index contributed by atoms with van der Waals surface area (Å²) in [5, 5.41) is 4.76. The molecule has 0 bridgehead atoms. The Morgan fingerprint density at radius 1 is 1.00 bits per heavy atom. The van der Waals surface area contributed by atoms with Gasteiger partial charge in [-0.2, -0.15) is 4.68 Å². The Kier molecular flexibility index (Phi) is 4.80. The molecule has 25 heavy (non-hydrogen) atoms. The minimum Gasteiger partial charge on any atom is -0.491 e. The highest BCUT2D eigenvalue weighted by molar-refractivity contribution is 6.29. The highest BCUT2D eigenvalue weighted by Gasteiger charge is 2.15. The number of nitrogens with zero attached hydrogens (tertiary/aromatic N) is 6. The van der Waals surface area contributed by atoms with E-state index in [0.29, 0.717) is 46.5 Å². The Morgan fingerprint density at radius 3 is 2.48 bits per heavy atom. The van der Waals surface area contributed by atoms with E-state index in [1.54, 1.807) is 38.0 Å². The summed E-state index contributed by atoms with van der Waals surface area (Å²) >= 11 is 6.04. The van der Waals surface area contributed by atoms with E-state index in [2.05, 4.69) is 25.0 Å². The van der Waals surface area contributed by atoms with Crippen LogP contribution < -0.4 is 9.47 Å².